The van der Waals surface area contributed by atoms with Crippen LogP contribution in [0.1, 0.15) is 66.8 Å². The van der Waals surface area contributed by atoms with Crippen LogP contribution in [0.3, 0.4) is 0 Å². The zero-order valence-corrected chi connectivity index (χ0v) is 17.9. The number of thiazole rings is 1. The summed E-state index contributed by atoms with van der Waals surface area (Å²) in [4.78, 5) is 35.8. The molecule has 1 aliphatic rings. The number of nitrogens with zero attached hydrogens (tertiary/aromatic N) is 3. The number of aromatic nitrogens is 2. The fourth-order valence-corrected chi connectivity index (χ4v) is 4.22. The minimum atomic E-state index is -0.464. The first-order valence-corrected chi connectivity index (χ1v) is 10.5. The number of hydrogen-bond donors (Lipinski definition) is 1. The van der Waals surface area contributed by atoms with Crippen molar-refractivity contribution >= 4 is 23.2 Å². The van der Waals surface area contributed by atoms with Gasteiger partial charge >= 0.3 is 0 Å². The van der Waals surface area contributed by atoms with Crippen molar-refractivity contribution in [1.29, 1.82) is 0 Å². The molecule has 3 heterocycles. The minimum absolute atomic E-state index is 0.0129. The molecule has 1 N–H and O–H groups in total. The van der Waals surface area contributed by atoms with E-state index < -0.39 is 5.41 Å². The number of oxazole rings is 1. The second-order valence-electron chi connectivity index (χ2n) is 8.35. The first-order chi connectivity index (χ1) is 13.2. The Bertz CT molecular complexity index is 830. The van der Waals surface area contributed by atoms with E-state index in [1.165, 1.54) is 0 Å². The Morgan fingerprint density at radius 3 is 2.46 bits per heavy atom. The molecule has 152 valence electrons. The summed E-state index contributed by atoms with van der Waals surface area (Å²) in [6.45, 7) is 10.5. The summed E-state index contributed by atoms with van der Waals surface area (Å²) in [6, 6.07) is -0.127. The van der Waals surface area contributed by atoms with Crippen LogP contribution in [0.15, 0.2) is 16.0 Å². The van der Waals surface area contributed by atoms with Gasteiger partial charge in [-0.15, -0.1) is 11.3 Å². The molecule has 1 aliphatic heterocycles. The first kappa shape index (κ1) is 20.5. The highest BCUT2D eigenvalue weighted by Gasteiger charge is 2.35. The van der Waals surface area contributed by atoms with Gasteiger partial charge in [0.05, 0.1) is 11.7 Å². The van der Waals surface area contributed by atoms with E-state index in [1.807, 2.05) is 31.1 Å². The summed E-state index contributed by atoms with van der Waals surface area (Å²) < 4.78 is 5.48. The maximum absolute atomic E-state index is 12.8. The van der Waals surface area contributed by atoms with Gasteiger partial charge in [-0.2, -0.15) is 0 Å². The number of nitrogens with one attached hydrogen (secondary N) is 1. The van der Waals surface area contributed by atoms with E-state index in [-0.39, 0.29) is 23.8 Å². The second-order valence-corrected chi connectivity index (χ2v) is 9.27. The van der Waals surface area contributed by atoms with Crippen LogP contribution < -0.4 is 5.32 Å². The summed E-state index contributed by atoms with van der Waals surface area (Å²) in [5.41, 5.74) is 0.163. The highest BCUT2D eigenvalue weighted by molar-refractivity contribution is 7.09. The Kier molecular flexibility index (Phi) is 5.88. The number of rotatable bonds is 4. The Labute approximate surface area is 169 Å². The quantitative estimate of drug-likeness (QED) is 0.842. The molecule has 0 aromatic carbocycles. The third-order valence-electron chi connectivity index (χ3n) is 5.08. The molecule has 2 amide bonds. The van der Waals surface area contributed by atoms with Gasteiger partial charge in [0, 0.05) is 37.0 Å². The average molecular weight is 405 g/mol. The molecule has 7 nitrogen and oxygen atoms in total. The summed E-state index contributed by atoms with van der Waals surface area (Å²) in [7, 11) is 0. The van der Waals surface area contributed by atoms with Gasteiger partial charge in [-0.05, 0) is 25.7 Å². The predicted octanol–water partition coefficient (Wildman–Crippen LogP) is 3.50. The molecular formula is C20H28N4O3S. The largest absolute Gasteiger partial charge is 0.436 e. The van der Waals surface area contributed by atoms with Gasteiger partial charge in [0.2, 0.25) is 11.7 Å². The van der Waals surface area contributed by atoms with Gasteiger partial charge in [-0.3, -0.25) is 9.59 Å². The topological polar surface area (TPSA) is 88.3 Å². The lowest BCUT2D eigenvalue weighted by Gasteiger charge is -2.36. The molecule has 28 heavy (non-hydrogen) atoms. The van der Waals surface area contributed by atoms with E-state index in [9.17, 15) is 9.59 Å². The van der Waals surface area contributed by atoms with Crippen LogP contribution in [-0.4, -0.2) is 39.8 Å². The smallest absolute Gasteiger partial charge is 0.291 e. The van der Waals surface area contributed by atoms with Gasteiger partial charge in [-0.1, -0.05) is 20.8 Å². The van der Waals surface area contributed by atoms with Crippen LogP contribution in [0.4, 0.5) is 0 Å². The molecule has 1 atom stereocenters. The third kappa shape index (κ3) is 4.43. The molecule has 0 spiro atoms. The maximum atomic E-state index is 12.8. The number of hydrogen-bond acceptors (Lipinski definition) is 6. The Morgan fingerprint density at radius 2 is 1.96 bits per heavy atom. The van der Waals surface area contributed by atoms with Crippen LogP contribution in [0, 0.1) is 25.2 Å². The zero-order valence-electron chi connectivity index (χ0n) is 17.1. The van der Waals surface area contributed by atoms with E-state index in [0.717, 1.165) is 17.8 Å². The molecule has 2 aromatic rings. The van der Waals surface area contributed by atoms with E-state index >= 15 is 0 Å². The number of carbonyl (C=O) groups is 2. The summed E-state index contributed by atoms with van der Waals surface area (Å²) in [6.07, 6.45) is 3.36. The van der Waals surface area contributed by atoms with Crippen molar-refractivity contribution in [2.45, 2.75) is 53.5 Å². The fraction of sp³-hybridized carbons (Fsp3) is 0.600. The van der Waals surface area contributed by atoms with Crippen molar-refractivity contribution in [2.75, 3.05) is 13.1 Å². The zero-order chi connectivity index (χ0) is 20.5. The monoisotopic (exact) mass is 404 g/mol. The lowest BCUT2D eigenvalue weighted by atomic mass is 9.87. The lowest BCUT2D eigenvalue weighted by Crippen LogP contribution is -2.45. The van der Waals surface area contributed by atoms with Crippen molar-refractivity contribution in [3.8, 4) is 0 Å². The Balaban J connectivity index is 1.69. The van der Waals surface area contributed by atoms with Crippen LogP contribution in [-0.2, 0) is 4.79 Å². The maximum Gasteiger partial charge on any atom is 0.291 e. The van der Waals surface area contributed by atoms with E-state index in [1.54, 1.807) is 31.4 Å². The second kappa shape index (κ2) is 8.03. The fourth-order valence-electron chi connectivity index (χ4n) is 3.44. The summed E-state index contributed by atoms with van der Waals surface area (Å²) in [5, 5.41) is 6.04. The molecule has 1 unspecified atom stereocenters. The van der Waals surface area contributed by atoms with Gasteiger partial charge in [-0.25, -0.2) is 9.97 Å². The van der Waals surface area contributed by atoms with Gasteiger partial charge in [0.25, 0.3) is 5.91 Å². The van der Waals surface area contributed by atoms with Crippen LogP contribution in [0.2, 0.25) is 0 Å². The average Bonchev–Trinajstić information content (AvgIpc) is 3.27. The standard InChI is InChI=1S/C20H28N4O3S/c1-12-16(27-13(2)22-12)18(25)24-9-6-14(7-10-24)15(17-21-8-11-28-17)23-19(26)20(3,4)5/h8,11,14-15H,6-7,9-10H2,1-5H3,(H,23,26). The van der Waals surface area contributed by atoms with Crippen LogP contribution >= 0.6 is 11.3 Å². The minimum Gasteiger partial charge on any atom is -0.436 e. The number of carbonyl (C=O) groups excluding carboxylic acids is 2. The molecule has 0 radical (unpaired) electrons. The number of amides is 2. The van der Waals surface area contributed by atoms with Gasteiger partial charge < -0.3 is 14.6 Å². The first-order valence-electron chi connectivity index (χ1n) is 9.60. The van der Waals surface area contributed by atoms with Crippen molar-refractivity contribution in [2.24, 2.45) is 11.3 Å². The number of aryl methyl sites for hydroxylation is 2. The molecular weight excluding hydrogens is 376 g/mol. The Hall–Kier alpha value is -2.22. The normalized spacial score (nSPS) is 16.8. The molecule has 1 fully saturated rings. The van der Waals surface area contributed by atoms with Crippen LogP contribution in [0.5, 0.6) is 0 Å². The molecule has 0 bridgehead atoms. The van der Waals surface area contributed by atoms with Crippen molar-refractivity contribution in [3.05, 3.63) is 33.9 Å². The molecule has 0 aliphatic carbocycles. The van der Waals surface area contributed by atoms with E-state index in [4.69, 9.17) is 4.42 Å². The highest BCUT2D eigenvalue weighted by Crippen LogP contribution is 2.33. The van der Waals surface area contributed by atoms with Crippen LogP contribution in [0.25, 0.3) is 0 Å². The van der Waals surface area contributed by atoms with Gasteiger partial charge in [0.1, 0.15) is 5.01 Å². The third-order valence-corrected chi connectivity index (χ3v) is 5.94. The molecule has 8 heteroatoms. The number of piperidine rings is 1. The van der Waals surface area contributed by atoms with E-state index in [0.29, 0.717) is 30.4 Å². The van der Waals surface area contributed by atoms with E-state index in [2.05, 4.69) is 15.3 Å². The molecule has 2 aromatic heterocycles. The number of likely N-dealkylation sites (tertiary alicyclic amines) is 1. The summed E-state index contributed by atoms with van der Waals surface area (Å²) >= 11 is 1.56. The van der Waals surface area contributed by atoms with Crippen molar-refractivity contribution in [1.82, 2.24) is 20.2 Å². The van der Waals surface area contributed by atoms with Gasteiger partial charge in [0.15, 0.2) is 5.89 Å². The summed E-state index contributed by atoms with van der Waals surface area (Å²) in [5.74, 6) is 0.969. The SMILES string of the molecule is Cc1nc(C)c(C(=O)N2CCC(C(NC(=O)C(C)(C)C)c3nccs3)CC2)o1. The Morgan fingerprint density at radius 1 is 1.29 bits per heavy atom. The lowest BCUT2D eigenvalue weighted by molar-refractivity contribution is -0.129. The predicted molar refractivity (Wildman–Crippen MR) is 107 cm³/mol. The van der Waals surface area contributed by atoms with Crippen molar-refractivity contribution < 1.29 is 14.0 Å². The highest BCUT2D eigenvalue weighted by atomic mass is 32.1. The molecule has 3 rings (SSSR count). The molecule has 0 saturated carbocycles. The van der Waals surface area contributed by atoms with Crippen molar-refractivity contribution in [3.63, 3.8) is 0 Å². The molecule has 1 saturated heterocycles.